The molecule has 5 nitrogen and oxygen atoms in total. The number of nitrogen functional groups attached to an aromatic ring is 1. The maximum atomic E-state index is 11.3. The summed E-state index contributed by atoms with van der Waals surface area (Å²) in [4.78, 5) is 11.3. The second kappa shape index (κ2) is 4.99. The maximum Gasteiger partial charge on any atom is 0.241 e. The van der Waals surface area contributed by atoms with Crippen molar-refractivity contribution in [3.05, 3.63) is 10.7 Å². The highest BCUT2D eigenvalue weighted by atomic mass is 79.9. The zero-order valence-corrected chi connectivity index (χ0v) is 9.54. The Morgan fingerprint density at radius 3 is 3.00 bits per heavy atom. The van der Waals surface area contributed by atoms with E-state index in [1.807, 2.05) is 6.92 Å². The smallest absolute Gasteiger partial charge is 0.241 e. The van der Waals surface area contributed by atoms with Crippen molar-refractivity contribution in [2.45, 2.75) is 19.9 Å². The van der Waals surface area contributed by atoms with Gasteiger partial charge in [-0.2, -0.15) is 5.10 Å². The van der Waals surface area contributed by atoms with E-state index in [4.69, 9.17) is 5.73 Å². The van der Waals surface area contributed by atoms with Gasteiger partial charge in [0, 0.05) is 12.7 Å². The van der Waals surface area contributed by atoms with Crippen molar-refractivity contribution in [2.75, 3.05) is 12.3 Å². The van der Waals surface area contributed by atoms with Crippen molar-refractivity contribution in [1.29, 1.82) is 0 Å². The lowest BCUT2D eigenvalue weighted by atomic mass is 10.4. The number of hydrogen-bond donors (Lipinski definition) is 2. The van der Waals surface area contributed by atoms with Gasteiger partial charge in [-0.1, -0.05) is 6.92 Å². The van der Waals surface area contributed by atoms with Crippen molar-refractivity contribution in [1.82, 2.24) is 15.1 Å². The molecule has 78 valence electrons. The number of carbonyl (C=O) groups is 1. The van der Waals surface area contributed by atoms with Gasteiger partial charge in [-0.25, -0.2) is 0 Å². The van der Waals surface area contributed by atoms with Crippen LogP contribution in [0, 0.1) is 0 Å². The maximum absolute atomic E-state index is 11.3. The fourth-order valence-electron chi connectivity index (χ4n) is 0.960. The van der Waals surface area contributed by atoms with E-state index in [-0.39, 0.29) is 12.5 Å². The van der Waals surface area contributed by atoms with Crippen LogP contribution in [0.1, 0.15) is 13.3 Å². The number of aromatic nitrogens is 2. The third-order valence-corrected chi connectivity index (χ3v) is 2.23. The Bertz CT molecular complexity index is 304. The van der Waals surface area contributed by atoms with Gasteiger partial charge in [0.1, 0.15) is 6.54 Å². The summed E-state index contributed by atoms with van der Waals surface area (Å²) in [5, 5.41) is 6.70. The Balaban J connectivity index is 2.48. The molecule has 1 rings (SSSR count). The second-order valence-electron chi connectivity index (χ2n) is 2.91. The monoisotopic (exact) mass is 260 g/mol. The Morgan fingerprint density at radius 1 is 1.79 bits per heavy atom. The molecule has 0 bridgehead atoms. The van der Waals surface area contributed by atoms with E-state index in [1.165, 1.54) is 4.68 Å². The van der Waals surface area contributed by atoms with Gasteiger partial charge in [0.25, 0.3) is 0 Å². The topological polar surface area (TPSA) is 72.9 Å². The first-order chi connectivity index (χ1) is 6.63. The largest absolute Gasteiger partial charge is 0.381 e. The summed E-state index contributed by atoms with van der Waals surface area (Å²) in [7, 11) is 0. The summed E-state index contributed by atoms with van der Waals surface area (Å²) in [5.41, 5.74) is 5.51. The number of halogens is 1. The zero-order chi connectivity index (χ0) is 10.6. The lowest BCUT2D eigenvalue weighted by Gasteiger charge is -2.02. The van der Waals surface area contributed by atoms with Gasteiger partial charge in [-0.3, -0.25) is 9.48 Å². The standard InChI is InChI=1S/C8H13BrN4O/c1-2-3-11-7(14)5-13-4-6(9)8(10)12-13/h4H,2-3,5H2,1H3,(H2,10,12)(H,11,14). The quantitative estimate of drug-likeness (QED) is 0.840. The molecule has 0 radical (unpaired) electrons. The second-order valence-corrected chi connectivity index (χ2v) is 3.76. The SMILES string of the molecule is CCCNC(=O)Cn1cc(Br)c(N)n1. The van der Waals surface area contributed by atoms with Crippen LogP contribution in [0.3, 0.4) is 0 Å². The average Bonchev–Trinajstić information content (AvgIpc) is 2.42. The summed E-state index contributed by atoms with van der Waals surface area (Å²) in [6.45, 7) is 2.90. The summed E-state index contributed by atoms with van der Waals surface area (Å²) < 4.78 is 2.21. The third-order valence-electron chi connectivity index (χ3n) is 1.62. The molecule has 6 heteroatoms. The first-order valence-electron chi connectivity index (χ1n) is 4.38. The predicted octanol–water partition coefficient (Wildman–Crippen LogP) is 0.754. The van der Waals surface area contributed by atoms with Crippen LogP contribution in [0.15, 0.2) is 10.7 Å². The Labute approximate surface area is 90.8 Å². The molecule has 0 saturated heterocycles. The van der Waals surface area contributed by atoms with E-state index in [9.17, 15) is 4.79 Å². The highest BCUT2D eigenvalue weighted by Crippen LogP contribution is 2.15. The van der Waals surface area contributed by atoms with Crippen LogP contribution in [0.4, 0.5) is 5.82 Å². The van der Waals surface area contributed by atoms with Crippen LogP contribution in [-0.2, 0) is 11.3 Å². The van der Waals surface area contributed by atoms with Crippen molar-refractivity contribution in [3.8, 4) is 0 Å². The molecule has 3 N–H and O–H groups in total. The molecule has 0 aliphatic heterocycles. The van der Waals surface area contributed by atoms with Gasteiger partial charge in [0.15, 0.2) is 5.82 Å². The molecule has 1 heterocycles. The van der Waals surface area contributed by atoms with Gasteiger partial charge in [-0.05, 0) is 22.4 Å². The fourth-order valence-corrected chi connectivity index (χ4v) is 1.28. The molecule has 0 atom stereocenters. The molecule has 0 fully saturated rings. The molecule has 0 aliphatic rings. The molecule has 0 aliphatic carbocycles. The summed E-state index contributed by atoms with van der Waals surface area (Å²) in [6.07, 6.45) is 2.61. The average molecular weight is 261 g/mol. The van der Waals surface area contributed by atoms with Crippen molar-refractivity contribution < 1.29 is 4.79 Å². The number of amides is 1. The number of nitrogens with one attached hydrogen (secondary N) is 1. The van der Waals surface area contributed by atoms with E-state index >= 15 is 0 Å². The highest BCUT2D eigenvalue weighted by Gasteiger charge is 2.05. The molecule has 0 spiro atoms. The summed E-state index contributed by atoms with van der Waals surface area (Å²) in [6, 6.07) is 0. The number of carbonyl (C=O) groups excluding carboxylic acids is 1. The van der Waals surface area contributed by atoms with E-state index < -0.39 is 0 Å². The van der Waals surface area contributed by atoms with Gasteiger partial charge >= 0.3 is 0 Å². The molecule has 1 aromatic rings. The molecule has 0 unspecified atom stereocenters. The van der Waals surface area contributed by atoms with Crippen LogP contribution < -0.4 is 11.1 Å². The van der Waals surface area contributed by atoms with E-state index in [2.05, 4.69) is 26.3 Å². The van der Waals surface area contributed by atoms with Gasteiger partial charge in [0.2, 0.25) is 5.91 Å². The van der Waals surface area contributed by atoms with Crippen molar-refractivity contribution in [2.24, 2.45) is 0 Å². The number of nitrogens with two attached hydrogens (primary N) is 1. The molecule has 1 aromatic heterocycles. The van der Waals surface area contributed by atoms with Crippen molar-refractivity contribution >= 4 is 27.7 Å². The number of rotatable bonds is 4. The number of anilines is 1. The summed E-state index contributed by atoms with van der Waals surface area (Å²) in [5.74, 6) is 0.343. The van der Waals surface area contributed by atoms with E-state index in [0.29, 0.717) is 16.8 Å². The Hall–Kier alpha value is -1.04. The summed E-state index contributed by atoms with van der Waals surface area (Å²) >= 11 is 3.22. The molecule has 0 saturated carbocycles. The van der Waals surface area contributed by atoms with Crippen LogP contribution in [0.5, 0.6) is 0 Å². The van der Waals surface area contributed by atoms with E-state index in [1.54, 1.807) is 6.20 Å². The molecular weight excluding hydrogens is 248 g/mol. The Morgan fingerprint density at radius 2 is 2.50 bits per heavy atom. The van der Waals surface area contributed by atoms with E-state index in [0.717, 1.165) is 6.42 Å². The minimum absolute atomic E-state index is 0.0538. The third kappa shape index (κ3) is 3.02. The molecule has 14 heavy (non-hydrogen) atoms. The van der Waals surface area contributed by atoms with Gasteiger partial charge < -0.3 is 11.1 Å². The molecular formula is C8H13BrN4O. The van der Waals surface area contributed by atoms with Crippen LogP contribution >= 0.6 is 15.9 Å². The lowest BCUT2D eigenvalue weighted by molar-refractivity contribution is -0.121. The molecule has 1 amide bonds. The van der Waals surface area contributed by atoms with Crippen LogP contribution in [-0.4, -0.2) is 22.2 Å². The number of nitrogens with zero attached hydrogens (tertiary/aromatic N) is 2. The highest BCUT2D eigenvalue weighted by molar-refractivity contribution is 9.10. The van der Waals surface area contributed by atoms with Gasteiger partial charge in [0.05, 0.1) is 4.47 Å². The fraction of sp³-hybridized carbons (Fsp3) is 0.500. The van der Waals surface area contributed by atoms with Crippen molar-refractivity contribution in [3.63, 3.8) is 0 Å². The lowest BCUT2D eigenvalue weighted by Crippen LogP contribution is -2.28. The first kappa shape index (κ1) is 11.0. The van der Waals surface area contributed by atoms with Crippen LogP contribution in [0.2, 0.25) is 0 Å². The Kier molecular flexibility index (Phi) is 3.94. The number of hydrogen-bond acceptors (Lipinski definition) is 3. The predicted molar refractivity (Wildman–Crippen MR) is 57.6 cm³/mol. The zero-order valence-electron chi connectivity index (χ0n) is 7.96. The normalized spacial score (nSPS) is 10.1. The first-order valence-corrected chi connectivity index (χ1v) is 5.18. The van der Waals surface area contributed by atoms with Crippen LogP contribution in [0.25, 0.3) is 0 Å². The minimum atomic E-state index is -0.0538. The molecule has 0 aromatic carbocycles. The minimum Gasteiger partial charge on any atom is -0.381 e. The van der Waals surface area contributed by atoms with Gasteiger partial charge in [-0.15, -0.1) is 0 Å².